The van der Waals surface area contributed by atoms with E-state index in [9.17, 15) is 0 Å². The fourth-order valence-corrected chi connectivity index (χ4v) is 3.04. The molecule has 5 nitrogen and oxygen atoms in total. The second kappa shape index (κ2) is 5.81. The number of aryl methyl sites for hydroxylation is 1. The first kappa shape index (κ1) is 12.8. The van der Waals surface area contributed by atoms with Crippen LogP contribution >= 0.6 is 11.3 Å². The average Bonchev–Trinajstić information content (AvgIpc) is 3.03. The normalized spacial score (nSPS) is 18.5. The third-order valence-electron chi connectivity index (χ3n) is 3.43. The van der Waals surface area contributed by atoms with Crippen molar-refractivity contribution in [3.8, 4) is 0 Å². The number of nitrogens with one attached hydrogen (secondary N) is 3. The van der Waals surface area contributed by atoms with Gasteiger partial charge < -0.3 is 15.6 Å². The molecule has 0 amide bonds. The van der Waals surface area contributed by atoms with Crippen molar-refractivity contribution in [1.82, 2.24) is 25.6 Å². The van der Waals surface area contributed by atoms with E-state index in [0.717, 1.165) is 37.5 Å². The summed E-state index contributed by atoms with van der Waals surface area (Å²) in [5.74, 6) is 0. The second-order valence-corrected chi connectivity index (χ2v) is 5.98. The van der Waals surface area contributed by atoms with Crippen molar-refractivity contribution >= 4 is 11.3 Å². The summed E-state index contributed by atoms with van der Waals surface area (Å²) in [6, 6.07) is 0.480. The molecule has 1 atom stereocenters. The zero-order valence-corrected chi connectivity index (χ0v) is 11.9. The van der Waals surface area contributed by atoms with Crippen molar-refractivity contribution in [2.45, 2.75) is 32.4 Å². The van der Waals surface area contributed by atoms with Crippen LogP contribution in [0.15, 0.2) is 11.7 Å². The van der Waals surface area contributed by atoms with Gasteiger partial charge in [-0.05, 0) is 6.92 Å². The molecule has 6 heteroatoms. The highest BCUT2D eigenvalue weighted by Gasteiger charge is 2.19. The van der Waals surface area contributed by atoms with Crippen LogP contribution in [0.3, 0.4) is 0 Å². The molecule has 1 aliphatic rings. The summed E-state index contributed by atoms with van der Waals surface area (Å²) in [6.07, 6.45) is 3.79. The van der Waals surface area contributed by atoms with Crippen molar-refractivity contribution in [3.63, 3.8) is 0 Å². The molecule has 3 rings (SSSR count). The van der Waals surface area contributed by atoms with E-state index in [4.69, 9.17) is 0 Å². The molecular formula is C13H19N5S. The lowest BCUT2D eigenvalue weighted by atomic mass is 10.1. The molecule has 3 heterocycles. The van der Waals surface area contributed by atoms with Crippen LogP contribution in [0, 0.1) is 6.92 Å². The highest BCUT2D eigenvalue weighted by atomic mass is 32.1. The van der Waals surface area contributed by atoms with Gasteiger partial charge in [0.25, 0.3) is 0 Å². The first-order chi connectivity index (χ1) is 9.31. The number of aromatic amines is 1. The van der Waals surface area contributed by atoms with Gasteiger partial charge in [0.1, 0.15) is 0 Å². The number of thiazole rings is 1. The molecule has 0 saturated heterocycles. The summed E-state index contributed by atoms with van der Waals surface area (Å²) in [6.45, 7) is 4.91. The molecule has 102 valence electrons. The monoisotopic (exact) mass is 277 g/mol. The Bertz CT molecular complexity index is 533. The van der Waals surface area contributed by atoms with Crippen LogP contribution in [-0.4, -0.2) is 34.1 Å². The van der Waals surface area contributed by atoms with E-state index < -0.39 is 0 Å². The van der Waals surface area contributed by atoms with Crippen molar-refractivity contribution in [3.05, 3.63) is 33.8 Å². The highest BCUT2D eigenvalue weighted by molar-refractivity contribution is 7.09. The summed E-state index contributed by atoms with van der Waals surface area (Å²) in [4.78, 5) is 12.0. The molecule has 1 unspecified atom stereocenters. The molecular weight excluding hydrogens is 258 g/mol. The summed E-state index contributed by atoms with van der Waals surface area (Å²) >= 11 is 1.72. The standard InChI is InChI=1S/C13H19N5S/c1-9-18-10(7-19-9)2-3-14-5-11-4-12-13(6-15-11)17-8-16-12/h7-8,11,14-15H,2-6H2,1H3,(H,16,17). The van der Waals surface area contributed by atoms with Crippen LogP contribution in [0.25, 0.3) is 0 Å². The Hall–Kier alpha value is -1.24. The molecule has 0 spiro atoms. The molecule has 2 aromatic heterocycles. The molecule has 0 bridgehead atoms. The maximum absolute atomic E-state index is 4.47. The third kappa shape index (κ3) is 3.20. The predicted octanol–water partition coefficient (Wildman–Crippen LogP) is 1.02. The van der Waals surface area contributed by atoms with E-state index in [1.54, 1.807) is 17.7 Å². The molecule has 0 fully saturated rings. The van der Waals surface area contributed by atoms with E-state index >= 15 is 0 Å². The van der Waals surface area contributed by atoms with Gasteiger partial charge in [0, 0.05) is 43.9 Å². The van der Waals surface area contributed by atoms with Gasteiger partial charge in [0.15, 0.2) is 0 Å². The minimum Gasteiger partial charge on any atom is -0.347 e. The summed E-state index contributed by atoms with van der Waals surface area (Å²) < 4.78 is 0. The Morgan fingerprint density at radius 1 is 1.53 bits per heavy atom. The number of aromatic nitrogens is 3. The van der Waals surface area contributed by atoms with Crippen LogP contribution in [0.2, 0.25) is 0 Å². The number of nitrogens with zero attached hydrogens (tertiary/aromatic N) is 2. The lowest BCUT2D eigenvalue weighted by molar-refractivity contribution is 0.442. The number of H-pyrrole nitrogens is 1. The number of hydrogen-bond acceptors (Lipinski definition) is 5. The Morgan fingerprint density at radius 2 is 2.47 bits per heavy atom. The minimum atomic E-state index is 0.480. The maximum Gasteiger partial charge on any atom is 0.0925 e. The van der Waals surface area contributed by atoms with E-state index in [0.29, 0.717) is 6.04 Å². The van der Waals surface area contributed by atoms with Crippen molar-refractivity contribution in [2.75, 3.05) is 13.1 Å². The Balaban J connectivity index is 1.39. The van der Waals surface area contributed by atoms with Gasteiger partial charge in [0.2, 0.25) is 0 Å². The zero-order valence-electron chi connectivity index (χ0n) is 11.1. The number of hydrogen-bond donors (Lipinski definition) is 3. The molecule has 0 radical (unpaired) electrons. The van der Waals surface area contributed by atoms with Gasteiger partial charge in [-0.25, -0.2) is 9.97 Å². The van der Waals surface area contributed by atoms with Crippen LogP contribution in [0.5, 0.6) is 0 Å². The Kier molecular flexibility index (Phi) is 3.91. The number of fused-ring (bicyclic) bond motifs is 1. The van der Waals surface area contributed by atoms with Crippen LogP contribution in [0.1, 0.15) is 22.1 Å². The molecule has 19 heavy (non-hydrogen) atoms. The molecule has 0 aromatic carbocycles. The fraction of sp³-hybridized carbons (Fsp3) is 0.538. The SMILES string of the molecule is Cc1nc(CCNCC2Cc3nc[nH]c3CN2)cs1. The molecule has 3 N–H and O–H groups in total. The Morgan fingerprint density at radius 3 is 3.32 bits per heavy atom. The van der Waals surface area contributed by atoms with Crippen molar-refractivity contribution in [2.24, 2.45) is 0 Å². The lowest BCUT2D eigenvalue weighted by Crippen LogP contribution is -2.43. The summed E-state index contributed by atoms with van der Waals surface area (Å²) in [7, 11) is 0. The molecule has 2 aromatic rings. The zero-order chi connectivity index (χ0) is 13.1. The van der Waals surface area contributed by atoms with Crippen molar-refractivity contribution in [1.29, 1.82) is 0 Å². The van der Waals surface area contributed by atoms with E-state index in [1.165, 1.54) is 17.1 Å². The largest absolute Gasteiger partial charge is 0.347 e. The van der Waals surface area contributed by atoms with Gasteiger partial charge in [-0.15, -0.1) is 11.3 Å². The minimum absolute atomic E-state index is 0.480. The topological polar surface area (TPSA) is 65.6 Å². The molecule has 0 saturated carbocycles. The van der Waals surface area contributed by atoms with E-state index in [-0.39, 0.29) is 0 Å². The highest BCUT2D eigenvalue weighted by Crippen LogP contribution is 2.11. The Labute approximate surface area is 116 Å². The first-order valence-corrected chi connectivity index (χ1v) is 7.55. The van der Waals surface area contributed by atoms with Gasteiger partial charge >= 0.3 is 0 Å². The van der Waals surface area contributed by atoms with Gasteiger partial charge in [-0.2, -0.15) is 0 Å². The summed E-state index contributed by atoms with van der Waals surface area (Å²) in [5, 5.41) is 10.3. The number of rotatable bonds is 5. The fourth-order valence-electron chi connectivity index (χ4n) is 2.39. The van der Waals surface area contributed by atoms with Gasteiger partial charge in [-0.1, -0.05) is 0 Å². The van der Waals surface area contributed by atoms with E-state index in [2.05, 4.69) is 37.9 Å². The lowest BCUT2D eigenvalue weighted by Gasteiger charge is -2.23. The smallest absolute Gasteiger partial charge is 0.0925 e. The van der Waals surface area contributed by atoms with E-state index in [1.807, 2.05) is 0 Å². The van der Waals surface area contributed by atoms with Crippen LogP contribution < -0.4 is 10.6 Å². The first-order valence-electron chi connectivity index (χ1n) is 6.67. The quantitative estimate of drug-likeness (QED) is 0.714. The number of imidazole rings is 1. The van der Waals surface area contributed by atoms with Crippen molar-refractivity contribution < 1.29 is 0 Å². The second-order valence-electron chi connectivity index (χ2n) is 4.92. The van der Waals surface area contributed by atoms with Crippen LogP contribution in [0.4, 0.5) is 0 Å². The summed E-state index contributed by atoms with van der Waals surface area (Å²) in [5.41, 5.74) is 3.64. The predicted molar refractivity (Wildman–Crippen MR) is 76.3 cm³/mol. The van der Waals surface area contributed by atoms with Crippen LogP contribution in [-0.2, 0) is 19.4 Å². The van der Waals surface area contributed by atoms with Gasteiger partial charge in [0.05, 0.1) is 28.4 Å². The third-order valence-corrected chi connectivity index (χ3v) is 4.25. The van der Waals surface area contributed by atoms with Gasteiger partial charge in [-0.3, -0.25) is 0 Å². The average molecular weight is 277 g/mol. The molecule has 1 aliphatic heterocycles. The molecule has 0 aliphatic carbocycles. The maximum atomic E-state index is 4.47.